The lowest BCUT2D eigenvalue weighted by molar-refractivity contribution is 0.117. The Kier molecular flexibility index (Phi) is 5.05. The van der Waals surface area contributed by atoms with Gasteiger partial charge in [-0.3, -0.25) is 0 Å². The summed E-state index contributed by atoms with van der Waals surface area (Å²) in [5.74, 6) is 2.43. The molecular formula is C13H15NO3. The maximum atomic E-state index is 10.6. The van der Waals surface area contributed by atoms with Crippen molar-refractivity contribution in [2.45, 2.75) is 25.0 Å². The minimum atomic E-state index is -1.16. The number of benzene rings is 1. The first-order valence-electron chi connectivity index (χ1n) is 5.31. The molecule has 17 heavy (non-hydrogen) atoms. The summed E-state index contributed by atoms with van der Waals surface area (Å²) in [6.07, 6.45) is 3.90. The molecule has 0 aliphatic heterocycles. The Morgan fingerprint density at radius 2 is 2.06 bits per heavy atom. The standard InChI is InChI=1S/C13H15NO3/c1-2-3-9-11(14-13(16)17)12(15)10-7-5-4-6-8-10/h1,4-8,11-12,14-15H,3,9H2,(H,16,17). The quantitative estimate of drug-likeness (QED) is 0.679. The second-order valence-corrected chi connectivity index (χ2v) is 3.65. The van der Waals surface area contributed by atoms with Crippen molar-refractivity contribution < 1.29 is 15.0 Å². The summed E-state index contributed by atoms with van der Waals surface area (Å²) in [4.78, 5) is 10.6. The molecule has 1 aromatic carbocycles. The first-order valence-corrected chi connectivity index (χ1v) is 5.31. The van der Waals surface area contributed by atoms with Gasteiger partial charge in [-0.15, -0.1) is 12.3 Å². The summed E-state index contributed by atoms with van der Waals surface area (Å²) in [5, 5.41) is 21.1. The summed E-state index contributed by atoms with van der Waals surface area (Å²) in [6.45, 7) is 0. The molecule has 90 valence electrons. The predicted molar refractivity (Wildman–Crippen MR) is 64.4 cm³/mol. The smallest absolute Gasteiger partial charge is 0.404 e. The number of carboxylic acid groups (broad SMARTS) is 1. The zero-order valence-electron chi connectivity index (χ0n) is 9.34. The van der Waals surface area contributed by atoms with Gasteiger partial charge in [0.15, 0.2) is 0 Å². The number of nitrogens with one attached hydrogen (secondary N) is 1. The van der Waals surface area contributed by atoms with Crippen molar-refractivity contribution >= 4 is 6.09 Å². The van der Waals surface area contributed by atoms with E-state index in [-0.39, 0.29) is 0 Å². The highest BCUT2D eigenvalue weighted by molar-refractivity contribution is 5.65. The molecule has 0 spiro atoms. The van der Waals surface area contributed by atoms with Gasteiger partial charge in [-0.1, -0.05) is 30.3 Å². The van der Waals surface area contributed by atoms with E-state index in [1.54, 1.807) is 24.3 Å². The summed E-state index contributed by atoms with van der Waals surface area (Å²) < 4.78 is 0. The van der Waals surface area contributed by atoms with Crippen LogP contribution in [0, 0.1) is 12.3 Å². The molecule has 0 aromatic heterocycles. The van der Waals surface area contributed by atoms with E-state index in [9.17, 15) is 9.90 Å². The van der Waals surface area contributed by atoms with Gasteiger partial charge in [0.25, 0.3) is 0 Å². The highest BCUT2D eigenvalue weighted by Crippen LogP contribution is 2.19. The summed E-state index contributed by atoms with van der Waals surface area (Å²) >= 11 is 0. The fourth-order valence-electron chi connectivity index (χ4n) is 1.59. The van der Waals surface area contributed by atoms with E-state index in [2.05, 4.69) is 11.2 Å². The Hall–Kier alpha value is -1.99. The van der Waals surface area contributed by atoms with Crippen LogP contribution < -0.4 is 5.32 Å². The van der Waals surface area contributed by atoms with E-state index in [1.165, 1.54) is 0 Å². The third-order valence-corrected chi connectivity index (χ3v) is 2.43. The number of carbonyl (C=O) groups is 1. The zero-order chi connectivity index (χ0) is 12.7. The lowest BCUT2D eigenvalue weighted by Gasteiger charge is -2.22. The molecule has 0 heterocycles. The SMILES string of the molecule is C#CCCC(NC(=O)O)C(O)c1ccccc1. The molecule has 0 bridgehead atoms. The molecular weight excluding hydrogens is 218 g/mol. The fraction of sp³-hybridized carbons (Fsp3) is 0.308. The van der Waals surface area contributed by atoms with E-state index in [1.807, 2.05) is 6.07 Å². The van der Waals surface area contributed by atoms with E-state index in [0.29, 0.717) is 18.4 Å². The maximum Gasteiger partial charge on any atom is 0.404 e. The minimum absolute atomic E-state index is 0.402. The van der Waals surface area contributed by atoms with E-state index in [4.69, 9.17) is 11.5 Å². The van der Waals surface area contributed by atoms with Gasteiger partial charge in [0.1, 0.15) is 0 Å². The van der Waals surface area contributed by atoms with Crippen LogP contribution in [0.25, 0.3) is 0 Å². The molecule has 4 nitrogen and oxygen atoms in total. The van der Waals surface area contributed by atoms with Gasteiger partial charge in [-0.2, -0.15) is 0 Å². The Balaban J connectivity index is 2.75. The first-order chi connectivity index (χ1) is 8.15. The molecule has 0 radical (unpaired) electrons. The lowest BCUT2D eigenvalue weighted by Crippen LogP contribution is -2.38. The average molecular weight is 233 g/mol. The van der Waals surface area contributed by atoms with Gasteiger partial charge in [-0.25, -0.2) is 4.79 Å². The van der Waals surface area contributed by atoms with Crippen LogP contribution in [0.1, 0.15) is 24.5 Å². The van der Waals surface area contributed by atoms with Gasteiger partial charge < -0.3 is 15.5 Å². The van der Waals surface area contributed by atoms with Gasteiger partial charge in [0.05, 0.1) is 12.1 Å². The van der Waals surface area contributed by atoms with Crippen LogP contribution in [-0.4, -0.2) is 22.3 Å². The largest absolute Gasteiger partial charge is 0.465 e. The van der Waals surface area contributed by atoms with Crippen molar-refractivity contribution in [3.8, 4) is 12.3 Å². The Morgan fingerprint density at radius 1 is 1.41 bits per heavy atom. The van der Waals surface area contributed by atoms with E-state index >= 15 is 0 Å². The normalized spacial score (nSPS) is 13.4. The number of terminal acetylenes is 1. The van der Waals surface area contributed by atoms with Crippen LogP contribution in [0.5, 0.6) is 0 Å². The summed E-state index contributed by atoms with van der Waals surface area (Å²) in [6, 6.07) is 8.31. The number of amides is 1. The number of hydrogen-bond donors (Lipinski definition) is 3. The van der Waals surface area contributed by atoms with Crippen LogP contribution in [0.15, 0.2) is 30.3 Å². The molecule has 0 saturated carbocycles. The summed E-state index contributed by atoms with van der Waals surface area (Å²) in [5.41, 5.74) is 0.670. The third kappa shape index (κ3) is 4.17. The van der Waals surface area contributed by atoms with Crippen molar-refractivity contribution in [1.82, 2.24) is 5.32 Å². The van der Waals surface area contributed by atoms with Crippen LogP contribution in [-0.2, 0) is 0 Å². The van der Waals surface area contributed by atoms with Gasteiger partial charge >= 0.3 is 6.09 Å². The zero-order valence-corrected chi connectivity index (χ0v) is 9.34. The topological polar surface area (TPSA) is 69.6 Å². The fourth-order valence-corrected chi connectivity index (χ4v) is 1.59. The molecule has 2 atom stereocenters. The molecule has 1 aromatic rings. The number of rotatable bonds is 5. The lowest BCUT2D eigenvalue weighted by atomic mass is 9.99. The van der Waals surface area contributed by atoms with Crippen LogP contribution >= 0.6 is 0 Å². The van der Waals surface area contributed by atoms with E-state index in [0.717, 1.165) is 0 Å². The Labute approximate surface area is 100 Å². The van der Waals surface area contributed by atoms with Crippen molar-refractivity contribution in [3.05, 3.63) is 35.9 Å². The maximum absolute atomic E-state index is 10.6. The van der Waals surface area contributed by atoms with Crippen LogP contribution in [0.4, 0.5) is 4.79 Å². The van der Waals surface area contributed by atoms with Crippen molar-refractivity contribution in [1.29, 1.82) is 0 Å². The Bertz CT molecular complexity index is 397. The van der Waals surface area contributed by atoms with Crippen LogP contribution in [0.2, 0.25) is 0 Å². The first kappa shape index (κ1) is 13.1. The second-order valence-electron chi connectivity index (χ2n) is 3.65. The van der Waals surface area contributed by atoms with Crippen molar-refractivity contribution in [2.75, 3.05) is 0 Å². The Morgan fingerprint density at radius 3 is 2.59 bits per heavy atom. The molecule has 0 saturated heterocycles. The molecule has 1 amide bonds. The highest BCUT2D eigenvalue weighted by Gasteiger charge is 2.21. The number of hydrogen-bond acceptors (Lipinski definition) is 2. The molecule has 0 aliphatic carbocycles. The van der Waals surface area contributed by atoms with Crippen molar-refractivity contribution in [2.24, 2.45) is 0 Å². The predicted octanol–water partition coefficient (Wildman–Crippen LogP) is 1.77. The monoisotopic (exact) mass is 233 g/mol. The van der Waals surface area contributed by atoms with Crippen molar-refractivity contribution in [3.63, 3.8) is 0 Å². The second kappa shape index (κ2) is 6.56. The van der Waals surface area contributed by atoms with Gasteiger partial charge in [-0.05, 0) is 12.0 Å². The summed E-state index contributed by atoms with van der Waals surface area (Å²) in [7, 11) is 0. The van der Waals surface area contributed by atoms with E-state index < -0.39 is 18.2 Å². The molecule has 0 aliphatic rings. The van der Waals surface area contributed by atoms with Gasteiger partial charge in [0.2, 0.25) is 0 Å². The number of aliphatic hydroxyl groups excluding tert-OH is 1. The highest BCUT2D eigenvalue weighted by atomic mass is 16.4. The molecule has 1 rings (SSSR count). The molecule has 3 N–H and O–H groups in total. The molecule has 4 heteroatoms. The molecule has 2 unspecified atom stereocenters. The van der Waals surface area contributed by atoms with Crippen LogP contribution in [0.3, 0.4) is 0 Å². The van der Waals surface area contributed by atoms with Gasteiger partial charge in [0, 0.05) is 6.42 Å². The minimum Gasteiger partial charge on any atom is -0.465 e. The average Bonchev–Trinajstić information content (AvgIpc) is 2.34. The molecule has 0 fully saturated rings. The third-order valence-electron chi connectivity index (χ3n) is 2.43. The number of aliphatic hydroxyl groups is 1.